The summed E-state index contributed by atoms with van der Waals surface area (Å²) in [7, 11) is 0. The van der Waals surface area contributed by atoms with Gasteiger partial charge in [0.05, 0.1) is 13.2 Å². The number of nitrogens with two attached hydrogens (primary N) is 1. The zero-order valence-electron chi connectivity index (χ0n) is 10.2. The number of aromatic nitrogens is 3. The summed E-state index contributed by atoms with van der Waals surface area (Å²) in [6.07, 6.45) is 3.70. The average Bonchev–Trinajstić information content (AvgIpc) is 3.04. The lowest BCUT2D eigenvalue weighted by Gasteiger charge is -2.04. The van der Waals surface area contributed by atoms with Crippen LogP contribution in [-0.4, -0.2) is 21.4 Å². The summed E-state index contributed by atoms with van der Waals surface area (Å²) < 4.78 is 7.33. The minimum absolute atomic E-state index is 0.392. The SMILES string of the molecule is NCc1ncn(CCc2ccc3c(c2)CCO3)n1. The van der Waals surface area contributed by atoms with E-state index >= 15 is 0 Å². The number of benzene rings is 1. The van der Waals surface area contributed by atoms with Crippen LogP contribution in [0.1, 0.15) is 17.0 Å². The second-order valence-electron chi connectivity index (χ2n) is 4.42. The van der Waals surface area contributed by atoms with E-state index in [-0.39, 0.29) is 0 Å². The minimum Gasteiger partial charge on any atom is -0.493 e. The second kappa shape index (κ2) is 4.78. The Bertz CT molecular complexity index is 550. The lowest BCUT2D eigenvalue weighted by molar-refractivity contribution is 0.357. The van der Waals surface area contributed by atoms with Crippen LogP contribution >= 0.6 is 0 Å². The molecule has 1 aromatic carbocycles. The van der Waals surface area contributed by atoms with Gasteiger partial charge in [-0.2, -0.15) is 5.10 Å². The minimum atomic E-state index is 0.392. The predicted octanol–water partition coefficient (Wildman–Crippen LogP) is 0.914. The van der Waals surface area contributed by atoms with E-state index in [0.717, 1.165) is 31.7 Å². The Kier molecular flexibility index (Phi) is 2.98. The summed E-state index contributed by atoms with van der Waals surface area (Å²) in [4.78, 5) is 4.11. The quantitative estimate of drug-likeness (QED) is 0.868. The Balaban J connectivity index is 1.66. The van der Waals surface area contributed by atoms with Crippen molar-refractivity contribution in [2.75, 3.05) is 6.61 Å². The van der Waals surface area contributed by atoms with Crippen molar-refractivity contribution in [2.45, 2.75) is 25.9 Å². The normalized spacial score (nSPS) is 13.4. The zero-order chi connectivity index (χ0) is 12.4. The smallest absolute Gasteiger partial charge is 0.164 e. The van der Waals surface area contributed by atoms with E-state index in [4.69, 9.17) is 10.5 Å². The molecule has 1 aliphatic rings. The van der Waals surface area contributed by atoms with Gasteiger partial charge >= 0.3 is 0 Å². The summed E-state index contributed by atoms with van der Waals surface area (Å²) in [6.45, 7) is 2.03. The molecular weight excluding hydrogens is 228 g/mol. The molecule has 94 valence electrons. The molecular formula is C13H16N4O. The molecule has 18 heavy (non-hydrogen) atoms. The molecule has 5 nitrogen and oxygen atoms in total. The van der Waals surface area contributed by atoms with Crippen molar-refractivity contribution in [1.82, 2.24) is 14.8 Å². The first-order chi connectivity index (χ1) is 8.85. The monoisotopic (exact) mass is 244 g/mol. The molecule has 1 aromatic heterocycles. The van der Waals surface area contributed by atoms with Crippen molar-refractivity contribution in [1.29, 1.82) is 0 Å². The third-order valence-electron chi connectivity index (χ3n) is 3.15. The fraction of sp³-hybridized carbons (Fsp3) is 0.385. The van der Waals surface area contributed by atoms with Crippen molar-refractivity contribution >= 4 is 0 Å². The van der Waals surface area contributed by atoms with Crippen molar-refractivity contribution in [3.8, 4) is 5.75 Å². The summed E-state index contributed by atoms with van der Waals surface area (Å²) >= 11 is 0. The Morgan fingerprint density at radius 2 is 2.33 bits per heavy atom. The van der Waals surface area contributed by atoms with Crippen LogP contribution in [0.15, 0.2) is 24.5 Å². The number of rotatable bonds is 4. The van der Waals surface area contributed by atoms with Gasteiger partial charge in [-0.1, -0.05) is 12.1 Å². The summed E-state index contributed by atoms with van der Waals surface area (Å²) in [5.74, 6) is 1.72. The molecule has 1 aliphatic heterocycles. The molecule has 0 saturated heterocycles. The average molecular weight is 244 g/mol. The number of aryl methyl sites for hydroxylation is 2. The van der Waals surface area contributed by atoms with Crippen molar-refractivity contribution in [2.24, 2.45) is 5.73 Å². The highest BCUT2D eigenvalue weighted by Gasteiger charge is 2.11. The van der Waals surface area contributed by atoms with Gasteiger partial charge < -0.3 is 10.5 Å². The van der Waals surface area contributed by atoms with Crippen LogP contribution in [0.5, 0.6) is 5.75 Å². The molecule has 0 radical (unpaired) electrons. The first-order valence-corrected chi connectivity index (χ1v) is 6.18. The van der Waals surface area contributed by atoms with E-state index in [1.165, 1.54) is 11.1 Å². The van der Waals surface area contributed by atoms with Gasteiger partial charge in [0.25, 0.3) is 0 Å². The molecule has 0 amide bonds. The molecule has 5 heteroatoms. The molecule has 2 N–H and O–H groups in total. The molecule has 2 aromatic rings. The van der Waals surface area contributed by atoms with Crippen LogP contribution in [0.2, 0.25) is 0 Å². The van der Waals surface area contributed by atoms with E-state index < -0.39 is 0 Å². The third kappa shape index (κ3) is 2.22. The first-order valence-electron chi connectivity index (χ1n) is 6.18. The maximum absolute atomic E-state index is 5.49. The number of hydrogen-bond acceptors (Lipinski definition) is 4. The number of ether oxygens (including phenoxy) is 1. The van der Waals surface area contributed by atoms with E-state index in [2.05, 4.69) is 28.3 Å². The lowest BCUT2D eigenvalue weighted by atomic mass is 10.1. The van der Waals surface area contributed by atoms with Crippen LogP contribution in [0.25, 0.3) is 0 Å². The molecule has 0 atom stereocenters. The highest BCUT2D eigenvalue weighted by molar-refractivity contribution is 5.39. The molecule has 3 rings (SSSR count). The topological polar surface area (TPSA) is 66.0 Å². The molecule has 0 unspecified atom stereocenters. The molecule has 2 heterocycles. The Labute approximate surface area is 106 Å². The highest BCUT2D eigenvalue weighted by atomic mass is 16.5. The van der Waals surface area contributed by atoms with Crippen LogP contribution in [0, 0.1) is 0 Å². The molecule has 0 saturated carbocycles. The predicted molar refractivity (Wildman–Crippen MR) is 67.3 cm³/mol. The third-order valence-corrected chi connectivity index (χ3v) is 3.15. The van der Waals surface area contributed by atoms with Crippen LogP contribution in [-0.2, 0) is 25.9 Å². The van der Waals surface area contributed by atoms with Crippen LogP contribution in [0.4, 0.5) is 0 Å². The highest BCUT2D eigenvalue weighted by Crippen LogP contribution is 2.26. The van der Waals surface area contributed by atoms with Crippen molar-refractivity contribution < 1.29 is 4.74 Å². The maximum atomic E-state index is 5.49. The maximum Gasteiger partial charge on any atom is 0.164 e. The number of nitrogens with zero attached hydrogens (tertiary/aromatic N) is 3. The standard InChI is InChI=1S/C13H16N4O/c14-8-13-15-9-17(16-13)5-3-10-1-2-12-11(7-10)4-6-18-12/h1-2,7,9H,3-6,8,14H2. The molecule has 0 aliphatic carbocycles. The second-order valence-corrected chi connectivity index (χ2v) is 4.42. The van der Waals surface area contributed by atoms with E-state index in [1.54, 1.807) is 6.33 Å². The zero-order valence-corrected chi connectivity index (χ0v) is 10.2. The van der Waals surface area contributed by atoms with Gasteiger partial charge in [-0.3, -0.25) is 4.68 Å². The van der Waals surface area contributed by atoms with E-state index in [1.807, 2.05) is 4.68 Å². The van der Waals surface area contributed by atoms with Gasteiger partial charge in [0.1, 0.15) is 12.1 Å². The van der Waals surface area contributed by atoms with Gasteiger partial charge in [-0.05, 0) is 23.6 Å². The van der Waals surface area contributed by atoms with Gasteiger partial charge in [0.2, 0.25) is 0 Å². The molecule has 0 spiro atoms. The van der Waals surface area contributed by atoms with Gasteiger partial charge in [-0.15, -0.1) is 0 Å². The van der Waals surface area contributed by atoms with E-state index in [9.17, 15) is 0 Å². The van der Waals surface area contributed by atoms with E-state index in [0.29, 0.717) is 12.4 Å². The van der Waals surface area contributed by atoms with Gasteiger partial charge in [0.15, 0.2) is 5.82 Å². The Morgan fingerprint density at radius 1 is 1.39 bits per heavy atom. The van der Waals surface area contributed by atoms with Crippen molar-refractivity contribution in [3.05, 3.63) is 41.5 Å². The van der Waals surface area contributed by atoms with Crippen molar-refractivity contribution in [3.63, 3.8) is 0 Å². The molecule has 0 fully saturated rings. The summed E-state index contributed by atoms with van der Waals surface area (Å²) in [5.41, 5.74) is 8.10. The van der Waals surface area contributed by atoms with Gasteiger partial charge in [0, 0.05) is 13.0 Å². The number of fused-ring (bicyclic) bond motifs is 1. The summed E-state index contributed by atoms with van der Waals surface area (Å²) in [5, 5.41) is 4.27. The van der Waals surface area contributed by atoms with Crippen LogP contribution in [0.3, 0.4) is 0 Å². The first kappa shape index (κ1) is 11.2. The Hall–Kier alpha value is -1.88. The Morgan fingerprint density at radius 3 is 3.17 bits per heavy atom. The van der Waals surface area contributed by atoms with Gasteiger partial charge in [-0.25, -0.2) is 4.98 Å². The fourth-order valence-corrected chi connectivity index (χ4v) is 2.17. The largest absolute Gasteiger partial charge is 0.493 e. The summed E-state index contributed by atoms with van der Waals surface area (Å²) in [6, 6.07) is 6.40. The fourth-order valence-electron chi connectivity index (χ4n) is 2.17. The van der Waals surface area contributed by atoms with Crippen LogP contribution < -0.4 is 10.5 Å². The lowest BCUT2D eigenvalue weighted by Crippen LogP contribution is -2.04. The number of hydrogen-bond donors (Lipinski definition) is 1. The molecule has 0 bridgehead atoms.